The molecular formula is C13H10BrFN4S. The number of halogens is 2. The smallest absolute Gasteiger partial charge is 0.206 e. The van der Waals surface area contributed by atoms with E-state index in [2.05, 4.69) is 31.2 Å². The van der Waals surface area contributed by atoms with Crippen molar-refractivity contribution in [2.24, 2.45) is 0 Å². The predicted molar refractivity (Wildman–Crippen MR) is 78.3 cm³/mol. The van der Waals surface area contributed by atoms with Gasteiger partial charge in [-0.15, -0.1) is 10.2 Å². The number of rotatable bonds is 2. The Morgan fingerprint density at radius 2 is 2.15 bits per heavy atom. The van der Waals surface area contributed by atoms with Gasteiger partial charge in [-0.2, -0.15) is 9.61 Å². The Morgan fingerprint density at radius 3 is 2.90 bits per heavy atom. The van der Waals surface area contributed by atoms with Gasteiger partial charge in [-0.05, 0) is 31.0 Å². The summed E-state index contributed by atoms with van der Waals surface area (Å²) in [5, 5.41) is 13.8. The number of hydrogen-bond donors (Lipinski definition) is 0. The lowest BCUT2D eigenvalue weighted by atomic mass is 9.86. The van der Waals surface area contributed by atoms with Crippen molar-refractivity contribution in [2.75, 3.05) is 0 Å². The van der Waals surface area contributed by atoms with Crippen molar-refractivity contribution in [1.29, 1.82) is 0 Å². The maximum absolute atomic E-state index is 14.0. The van der Waals surface area contributed by atoms with Crippen molar-refractivity contribution in [3.63, 3.8) is 0 Å². The van der Waals surface area contributed by atoms with E-state index in [4.69, 9.17) is 0 Å². The monoisotopic (exact) mass is 352 g/mol. The summed E-state index contributed by atoms with van der Waals surface area (Å²) in [5.41, 5.74) is 0.414. The summed E-state index contributed by atoms with van der Waals surface area (Å²) < 4.78 is 16.4. The maximum atomic E-state index is 14.0. The van der Waals surface area contributed by atoms with Gasteiger partial charge >= 0.3 is 0 Å². The van der Waals surface area contributed by atoms with Crippen LogP contribution in [0.2, 0.25) is 0 Å². The van der Waals surface area contributed by atoms with Gasteiger partial charge < -0.3 is 0 Å². The number of aromatic nitrogens is 4. The van der Waals surface area contributed by atoms with Crippen LogP contribution in [-0.2, 0) is 0 Å². The molecule has 0 atom stereocenters. The second kappa shape index (κ2) is 4.60. The van der Waals surface area contributed by atoms with E-state index in [0.29, 0.717) is 17.3 Å². The molecule has 2 heterocycles. The Hall–Kier alpha value is -1.34. The van der Waals surface area contributed by atoms with Crippen molar-refractivity contribution < 1.29 is 4.39 Å². The van der Waals surface area contributed by atoms with E-state index >= 15 is 0 Å². The molecule has 1 saturated carbocycles. The summed E-state index contributed by atoms with van der Waals surface area (Å²) in [6.45, 7) is 0. The summed E-state index contributed by atoms with van der Waals surface area (Å²) >= 11 is 4.90. The fraction of sp³-hybridized carbons (Fsp3) is 0.308. The first kappa shape index (κ1) is 12.4. The summed E-state index contributed by atoms with van der Waals surface area (Å²) in [5.74, 6) is 0.684. The minimum atomic E-state index is -0.319. The SMILES string of the molecule is Fc1ccc(Br)cc1-c1nnc2sc(C3CCC3)nn12. The molecule has 0 saturated heterocycles. The minimum absolute atomic E-state index is 0.319. The van der Waals surface area contributed by atoms with Crippen LogP contribution in [0.5, 0.6) is 0 Å². The predicted octanol–water partition coefficient (Wildman–Crippen LogP) is 4.02. The van der Waals surface area contributed by atoms with Crippen molar-refractivity contribution in [2.45, 2.75) is 25.2 Å². The first-order chi connectivity index (χ1) is 9.72. The van der Waals surface area contributed by atoms with Gasteiger partial charge in [0, 0.05) is 10.4 Å². The number of nitrogens with zero attached hydrogens (tertiary/aromatic N) is 4. The van der Waals surface area contributed by atoms with Gasteiger partial charge in [-0.3, -0.25) is 0 Å². The summed E-state index contributed by atoms with van der Waals surface area (Å²) in [7, 11) is 0. The van der Waals surface area contributed by atoms with Crippen molar-refractivity contribution in [3.8, 4) is 11.4 Å². The molecule has 0 spiro atoms. The van der Waals surface area contributed by atoms with Crippen LogP contribution in [0.4, 0.5) is 4.39 Å². The van der Waals surface area contributed by atoms with Crippen LogP contribution in [0.3, 0.4) is 0 Å². The third kappa shape index (κ3) is 1.88. The zero-order chi connectivity index (χ0) is 13.7. The molecule has 3 aromatic rings. The van der Waals surface area contributed by atoms with Crippen molar-refractivity contribution in [1.82, 2.24) is 19.8 Å². The van der Waals surface area contributed by atoms with Gasteiger partial charge in [0.1, 0.15) is 10.8 Å². The van der Waals surface area contributed by atoms with Crippen LogP contribution in [-0.4, -0.2) is 19.8 Å². The second-order valence-corrected chi connectivity index (χ2v) is 6.81. The molecule has 1 aromatic carbocycles. The largest absolute Gasteiger partial charge is 0.234 e. The normalized spacial score (nSPS) is 15.7. The lowest BCUT2D eigenvalue weighted by Crippen LogP contribution is -2.08. The molecule has 4 rings (SSSR count). The molecule has 2 aromatic heterocycles. The van der Waals surface area contributed by atoms with Gasteiger partial charge in [-0.25, -0.2) is 4.39 Å². The van der Waals surface area contributed by atoms with Gasteiger partial charge in [0.25, 0.3) is 0 Å². The van der Waals surface area contributed by atoms with Gasteiger partial charge in [-0.1, -0.05) is 33.7 Å². The van der Waals surface area contributed by atoms with E-state index in [1.807, 2.05) is 0 Å². The van der Waals surface area contributed by atoms with Crippen LogP contribution in [0.15, 0.2) is 22.7 Å². The molecule has 0 unspecified atom stereocenters. The number of fused-ring (bicyclic) bond motifs is 1. The van der Waals surface area contributed by atoms with Crippen molar-refractivity contribution >= 4 is 32.2 Å². The molecule has 1 aliphatic rings. The van der Waals surface area contributed by atoms with E-state index in [1.54, 1.807) is 28.0 Å². The minimum Gasteiger partial charge on any atom is -0.206 e. The summed E-state index contributed by atoms with van der Waals surface area (Å²) in [4.78, 5) is 0.723. The van der Waals surface area contributed by atoms with E-state index < -0.39 is 0 Å². The van der Waals surface area contributed by atoms with Gasteiger partial charge in [0.05, 0.1) is 5.56 Å². The third-order valence-corrected chi connectivity index (χ3v) is 5.18. The van der Waals surface area contributed by atoms with Crippen LogP contribution in [0, 0.1) is 5.82 Å². The molecule has 20 heavy (non-hydrogen) atoms. The molecular weight excluding hydrogens is 343 g/mol. The zero-order valence-corrected chi connectivity index (χ0v) is 12.8. The van der Waals surface area contributed by atoms with Gasteiger partial charge in [0.15, 0.2) is 5.82 Å². The fourth-order valence-electron chi connectivity index (χ4n) is 2.29. The van der Waals surface area contributed by atoms with Gasteiger partial charge in [0.2, 0.25) is 4.96 Å². The van der Waals surface area contributed by atoms with Crippen molar-refractivity contribution in [3.05, 3.63) is 33.5 Å². The highest BCUT2D eigenvalue weighted by molar-refractivity contribution is 9.10. The standard InChI is InChI=1S/C13H10BrFN4S/c14-8-4-5-10(15)9(6-8)11-16-17-13-19(11)18-12(20-13)7-2-1-3-7/h4-7H,1-3H2. The highest BCUT2D eigenvalue weighted by Crippen LogP contribution is 2.38. The summed E-state index contributed by atoms with van der Waals surface area (Å²) in [6.07, 6.45) is 3.63. The van der Waals surface area contributed by atoms with E-state index in [1.165, 1.54) is 25.3 Å². The van der Waals surface area contributed by atoms with Crippen LogP contribution in [0.1, 0.15) is 30.2 Å². The second-order valence-electron chi connectivity index (χ2n) is 4.91. The first-order valence-electron chi connectivity index (χ1n) is 6.40. The molecule has 102 valence electrons. The maximum Gasteiger partial charge on any atom is 0.234 e. The Kier molecular flexibility index (Phi) is 2.85. The lowest BCUT2D eigenvalue weighted by molar-refractivity contribution is 0.415. The quantitative estimate of drug-likeness (QED) is 0.699. The molecule has 0 bridgehead atoms. The highest BCUT2D eigenvalue weighted by Gasteiger charge is 2.25. The van der Waals surface area contributed by atoms with E-state index in [9.17, 15) is 4.39 Å². The molecule has 0 N–H and O–H groups in total. The Labute approximate surface area is 126 Å². The molecule has 0 radical (unpaired) electrons. The molecule has 0 aliphatic heterocycles. The van der Waals surface area contributed by atoms with Crippen LogP contribution >= 0.6 is 27.3 Å². The molecule has 4 nitrogen and oxygen atoms in total. The summed E-state index contributed by atoms with van der Waals surface area (Å²) in [6, 6.07) is 4.78. The zero-order valence-electron chi connectivity index (χ0n) is 10.4. The van der Waals surface area contributed by atoms with E-state index in [0.717, 1.165) is 14.4 Å². The number of benzene rings is 1. The van der Waals surface area contributed by atoms with E-state index in [-0.39, 0.29) is 5.82 Å². The molecule has 0 amide bonds. The fourth-order valence-corrected chi connectivity index (χ4v) is 3.66. The number of hydrogen-bond acceptors (Lipinski definition) is 4. The average molecular weight is 353 g/mol. The van der Waals surface area contributed by atoms with Crippen LogP contribution < -0.4 is 0 Å². The highest BCUT2D eigenvalue weighted by atomic mass is 79.9. The molecule has 1 aliphatic carbocycles. The lowest BCUT2D eigenvalue weighted by Gasteiger charge is -2.21. The topological polar surface area (TPSA) is 43.1 Å². The van der Waals surface area contributed by atoms with Crippen LogP contribution in [0.25, 0.3) is 16.3 Å². The Bertz CT molecular complexity index is 793. The first-order valence-corrected chi connectivity index (χ1v) is 8.01. The Balaban J connectivity index is 1.86. The Morgan fingerprint density at radius 1 is 1.30 bits per heavy atom. The third-order valence-electron chi connectivity index (χ3n) is 3.63. The molecule has 1 fully saturated rings. The molecule has 7 heteroatoms. The average Bonchev–Trinajstić information content (AvgIpc) is 2.90.